The molecule has 2 heterocycles. The van der Waals surface area contributed by atoms with Gasteiger partial charge in [-0.3, -0.25) is 4.57 Å². The number of nitrogens with zero attached hydrogens (tertiary/aromatic N) is 3. The second-order valence-electron chi connectivity index (χ2n) is 6.55. The maximum atomic E-state index is 11.7. The number of carbonyl (C=O) groups is 1. The van der Waals surface area contributed by atoms with E-state index in [-0.39, 0.29) is 0 Å². The number of aromatic nitrogens is 3. The Kier molecular flexibility index (Phi) is 7.35. The third kappa shape index (κ3) is 5.13. The van der Waals surface area contributed by atoms with Crippen LogP contribution in [0.5, 0.6) is 5.75 Å². The van der Waals surface area contributed by atoms with Gasteiger partial charge in [-0.2, -0.15) is 0 Å². The summed E-state index contributed by atoms with van der Waals surface area (Å²) in [6.07, 6.45) is 2.78. The van der Waals surface area contributed by atoms with Crippen molar-refractivity contribution < 1.29 is 18.7 Å². The van der Waals surface area contributed by atoms with Crippen LogP contribution in [-0.4, -0.2) is 27.8 Å². The molecular weight excluding hydrogens is 402 g/mol. The first-order valence-corrected chi connectivity index (χ1v) is 10.6. The fraction of sp³-hybridized carbons (Fsp3) is 0.318. The van der Waals surface area contributed by atoms with Gasteiger partial charge < -0.3 is 13.9 Å². The number of rotatable bonds is 10. The lowest BCUT2D eigenvalue weighted by atomic mass is 10.2. The number of hydrogen-bond donors (Lipinski definition) is 0. The largest absolute Gasteiger partial charge is 0.486 e. The van der Waals surface area contributed by atoms with Crippen LogP contribution < -0.4 is 4.74 Å². The molecule has 0 aliphatic heterocycles. The Labute approximate surface area is 180 Å². The molecule has 8 heteroatoms. The Morgan fingerprint density at radius 3 is 2.73 bits per heavy atom. The number of hydrogen-bond acceptors (Lipinski definition) is 7. The molecule has 158 valence electrons. The predicted octanol–water partition coefficient (Wildman–Crippen LogP) is 4.59. The van der Waals surface area contributed by atoms with E-state index in [9.17, 15) is 4.79 Å². The summed E-state index contributed by atoms with van der Waals surface area (Å²) in [6.45, 7) is 8.55. The van der Waals surface area contributed by atoms with Crippen molar-refractivity contribution in [3.8, 4) is 5.75 Å². The number of carbonyl (C=O) groups excluding carboxylic acids is 1. The van der Waals surface area contributed by atoms with E-state index in [0.717, 1.165) is 17.3 Å². The summed E-state index contributed by atoms with van der Waals surface area (Å²) in [5.41, 5.74) is 1.70. The standard InChI is InChI=1S/C22H25N3O4S/c1-5-11-25-20(13-28-17-9-7-16(6-2)8-10-17)23-24-22(25)30-14-18-12-19(15(3)29-18)21(26)27-4/h5,7-10,12H,1,6,11,13-14H2,2-4H3. The van der Waals surface area contributed by atoms with E-state index in [1.807, 2.05) is 16.7 Å². The monoisotopic (exact) mass is 427 g/mol. The van der Waals surface area contributed by atoms with Crippen LogP contribution in [0.15, 0.2) is 52.6 Å². The number of esters is 1. The smallest absolute Gasteiger partial charge is 0.341 e. The van der Waals surface area contributed by atoms with Gasteiger partial charge in [0.25, 0.3) is 0 Å². The molecule has 0 atom stereocenters. The van der Waals surface area contributed by atoms with Crippen LogP contribution in [-0.2, 0) is 30.1 Å². The van der Waals surface area contributed by atoms with E-state index < -0.39 is 5.97 Å². The zero-order valence-electron chi connectivity index (χ0n) is 17.4. The summed E-state index contributed by atoms with van der Waals surface area (Å²) < 4.78 is 18.3. The zero-order valence-corrected chi connectivity index (χ0v) is 18.2. The summed E-state index contributed by atoms with van der Waals surface area (Å²) in [6, 6.07) is 9.73. The molecule has 0 saturated heterocycles. The Morgan fingerprint density at radius 1 is 1.30 bits per heavy atom. The first kappa shape index (κ1) is 21.7. The zero-order chi connectivity index (χ0) is 21.5. The minimum Gasteiger partial charge on any atom is -0.486 e. The molecule has 0 aliphatic carbocycles. The maximum Gasteiger partial charge on any atom is 0.341 e. The molecular formula is C22H25N3O4S. The highest BCUT2D eigenvalue weighted by Crippen LogP contribution is 2.26. The lowest BCUT2D eigenvalue weighted by Gasteiger charge is -2.09. The number of allylic oxidation sites excluding steroid dienone is 1. The third-order valence-corrected chi connectivity index (χ3v) is 5.51. The van der Waals surface area contributed by atoms with Crippen LogP contribution in [0.1, 0.15) is 40.2 Å². The van der Waals surface area contributed by atoms with Crippen molar-refractivity contribution in [2.45, 2.75) is 44.3 Å². The van der Waals surface area contributed by atoms with Crippen LogP contribution in [0.25, 0.3) is 0 Å². The van der Waals surface area contributed by atoms with Crippen molar-refractivity contribution in [3.63, 3.8) is 0 Å². The van der Waals surface area contributed by atoms with Gasteiger partial charge in [0.05, 0.1) is 12.9 Å². The molecule has 0 aliphatic rings. The number of ether oxygens (including phenoxy) is 2. The summed E-state index contributed by atoms with van der Waals surface area (Å²) in [7, 11) is 1.35. The highest BCUT2D eigenvalue weighted by Gasteiger charge is 2.17. The van der Waals surface area contributed by atoms with Crippen LogP contribution in [0.3, 0.4) is 0 Å². The van der Waals surface area contributed by atoms with Crippen LogP contribution >= 0.6 is 11.8 Å². The van der Waals surface area contributed by atoms with Gasteiger partial charge in [0.2, 0.25) is 0 Å². The van der Waals surface area contributed by atoms with Gasteiger partial charge >= 0.3 is 5.97 Å². The molecule has 3 rings (SSSR count). The lowest BCUT2D eigenvalue weighted by molar-refractivity contribution is 0.0599. The van der Waals surface area contributed by atoms with Crippen molar-refractivity contribution in [2.24, 2.45) is 0 Å². The second-order valence-corrected chi connectivity index (χ2v) is 7.49. The van der Waals surface area contributed by atoms with Crippen LogP contribution in [0.2, 0.25) is 0 Å². The molecule has 2 aromatic heterocycles. The summed E-state index contributed by atoms with van der Waals surface area (Å²) in [5, 5.41) is 9.29. The first-order valence-electron chi connectivity index (χ1n) is 9.60. The number of thioether (sulfide) groups is 1. The minimum absolute atomic E-state index is 0.305. The Bertz CT molecular complexity index is 1010. The van der Waals surface area contributed by atoms with E-state index in [1.54, 1.807) is 19.1 Å². The van der Waals surface area contributed by atoms with Crippen molar-refractivity contribution in [1.82, 2.24) is 14.8 Å². The molecule has 0 N–H and O–H groups in total. The number of methoxy groups -OCH3 is 1. The average Bonchev–Trinajstić information content (AvgIpc) is 3.33. The number of benzene rings is 1. The SMILES string of the molecule is C=CCn1c(COc2ccc(CC)cc2)nnc1SCc1cc(C(=O)OC)c(C)o1. The second kappa shape index (κ2) is 10.2. The molecule has 30 heavy (non-hydrogen) atoms. The van der Waals surface area contributed by atoms with E-state index in [4.69, 9.17) is 13.9 Å². The van der Waals surface area contributed by atoms with Gasteiger partial charge in [-0.1, -0.05) is 36.9 Å². The summed E-state index contributed by atoms with van der Waals surface area (Å²) >= 11 is 1.47. The average molecular weight is 428 g/mol. The van der Waals surface area contributed by atoms with Crippen molar-refractivity contribution in [3.05, 3.63) is 71.5 Å². The molecule has 0 unspecified atom stereocenters. The first-order chi connectivity index (χ1) is 14.5. The molecule has 1 aromatic carbocycles. The van der Waals surface area contributed by atoms with Gasteiger partial charge in [-0.15, -0.1) is 16.8 Å². The highest BCUT2D eigenvalue weighted by atomic mass is 32.2. The molecule has 0 spiro atoms. The third-order valence-electron chi connectivity index (χ3n) is 4.52. The van der Waals surface area contributed by atoms with Crippen LogP contribution in [0, 0.1) is 6.92 Å². The van der Waals surface area contributed by atoms with Gasteiger partial charge in [0.1, 0.15) is 29.4 Å². The molecule has 0 fully saturated rings. The van der Waals surface area contributed by atoms with E-state index in [1.165, 1.54) is 24.4 Å². The number of aryl methyl sites for hydroxylation is 2. The molecule has 0 saturated carbocycles. The van der Waals surface area contributed by atoms with Crippen LogP contribution in [0.4, 0.5) is 0 Å². The van der Waals surface area contributed by atoms with Gasteiger partial charge in [0, 0.05) is 6.54 Å². The normalized spacial score (nSPS) is 10.8. The lowest BCUT2D eigenvalue weighted by Crippen LogP contribution is -2.07. The molecule has 0 amide bonds. The van der Waals surface area contributed by atoms with Crippen molar-refractivity contribution >= 4 is 17.7 Å². The summed E-state index contributed by atoms with van der Waals surface area (Å²) in [4.78, 5) is 11.7. The van der Waals surface area contributed by atoms with Crippen molar-refractivity contribution in [2.75, 3.05) is 7.11 Å². The van der Waals surface area contributed by atoms with Gasteiger partial charge in [0.15, 0.2) is 11.0 Å². The molecule has 7 nitrogen and oxygen atoms in total. The maximum absolute atomic E-state index is 11.7. The van der Waals surface area contributed by atoms with E-state index in [0.29, 0.717) is 41.8 Å². The molecule has 0 bridgehead atoms. The quantitative estimate of drug-likeness (QED) is 0.266. The van der Waals surface area contributed by atoms with Gasteiger partial charge in [-0.05, 0) is 37.1 Å². The number of furan rings is 1. The van der Waals surface area contributed by atoms with E-state index in [2.05, 4.69) is 35.8 Å². The summed E-state index contributed by atoms with van der Waals surface area (Å²) in [5.74, 6) is 2.80. The van der Waals surface area contributed by atoms with Gasteiger partial charge in [-0.25, -0.2) is 4.79 Å². The predicted molar refractivity (Wildman–Crippen MR) is 115 cm³/mol. The van der Waals surface area contributed by atoms with E-state index >= 15 is 0 Å². The molecule has 0 radical (unpaired) electrons. The van der Waals surface area contributed by atoms with Crippen molar-refractivity contribution in [1.29, 1.82) is 0 Å². The Balaban J connectivity index is 1.67. The highest BCUT2D eigenvalue weighted by molar-refractivity contribution is 7.98. The minimum atomic E-state index is -0.409. The Morgan fingerprint density at radius 2 is 2.07 bits per heavy atom. The topological polar surface area (TPSA) is 79.4 Å². The fourth-order valence-corrected chi connectivity index (χ4v) is 3.73. The molecule has 3 aromatic rings. The Hall–Kier alpha value is -3.00. The fourth-order valence-electron chi connectivity index (χ4n) is 2.88.